The number of thiophene rings is 1. The molecule has 5 heteroatoms. The van der Waals surface area contributed by atoms with Crippen LogP contribution in [0.2, 0.25) is 0 Å². The topological polar surface area (TPSA) is 42.3 Å². The highest BCUT2D eigenvalue weighted by Gasteiger charge is 2.27. The van der Waals surface area contributed by atoms with Crippen LogP contribution >= 0.6 is 11.3 Å². The lowest BCUT2D eigenvalue weighted by atomic mass is 9.99. The highest BCUT2D eigenvalue weighted by atomic mass is 32.1. The number of amides is 1. The standard InChI is InChI=1S/C16H20N2O2S/c1-10-5-4-7-18(9-10)16(20)13-11(2)21-12-6-8-17(3)15(19)14(12)13/h6,8,10H,4-5,7,9H2,1-3H3/t10-/m0/s1. The van der Waals surface area contributed by atoms with Crippen molar-refractivity contribution in [2.24, 2.45) is 13.0 Å². The number of hydrogen-bond donors (Lipinski definition) is 0. The number of likely N-dealkylation sites (tertiary alicyclic amines) is 1. The quantitative estimate of drug-likeness (QED) is 0.813. The van der Waals surface area contributed by atoms with Crippen LogP contribution in [0.1, 0.15) is 35.0 Å². The van der Waals surface area contributed by atoms with Gasteiger partial charge >= 0.3 is 0 Å². The van der Waals surface area contributed by atoms with Gasteiger partial charge in [0.1, 0.15) is 0 Å². The lowest BCUT2D eigenvalue weighted by Crippen LogP contribution is -2.39. The Kier molecular flexibility index (Phi) is 3.61. The summed E-state index contributed by atoms with van der Waals surface area (Å²) in [6.07, 6.45) is 3.98. The minimum Gasteiger partial charge on any atom is -0.338 e. The first kappa shape index (κ1) is 14.3. The Balaban J connectivity index is 2.11. The van der Waals surface area contributed by atoms with Crippen molar-refractivity contribution < 1.29 is 4.79 Å². The zero-order chi connectivity index (χ0) is 15.1. The average molecular weight is 304 g/mol. The summed E-state index contributed by atoms with van der Waals surface area (Å²) in [6.45, 7) is 5.71. The van der Waals surface area contributed by atoms with Crippen LogP contribution in [0.25, 0.3) is 10.1 Å². The summed E-state index contributed by atoms with van der Waals surface area (Å²) in [5, 5.41) is 0.589. The van der Waals surface area contributed by atoms with Gasteiger partial charge in [0.05, 0.1) is 10.9 Å². The van der Waals surface area contributed by atoms with E-state index in [1.54, 1.807) is 17.8 Å². The maximum Gasteiger partial charge on any atom is 0.259 e. The summed E-state index contributed by atoms with van der Waals surface area (Å²) in [7, 11) is 1.73. The maximum atomic E-state index is 12.9. The summed E-state index contributed by atoms with van der Waals surface area (Å²) >= 11 is 1.53. The second-order valence-electron chi connectivity index (χ2n) is 6.00. The summed E-state index contributed by atoms with van der Waals surface area (Å²) in [4.78, 5) is 28.2. The molecule has 1 aliphatic heterocycles. The van der Waals surface area contributed by atoms with E-state index < -0.39 is 0 Å². The monoisotopic (exact) mass is 304 g/mol. The molecule has 0 radical (unpaired) electrons. The van der Waals surface area contributed by atoms with Gasteiger partial charge in [-0.25, -0.2) is 0 Å². The van der Waals surface area contributed by atoms with Crippen LogP contribution in [0.15, 0.2) is 17.1 Å². The van der Waals surface area contributed by atoms with E-state index >= 15 is 0 Å². The number of carbonyl (C=O) groups excluding carboxylic acids is 1. The van der Waals surface area contributed by atoms with Crippen LogP contribution in [0.4, 0.5) is 0 Å². The van der Waals surface area contributed by atoms with E-state index in [1.807, 2.05) is 17.9 Å². The molecule has 0 N–H and O–H groups in total. The fraction of sp³-hybridized carbons (Fsp3) is 0.500. The zero-order valence-corrected chi connectivity index (χ0v) is 13.5. The highest BCUT2D eigenvalue weighted by molar-refractivity contribution is 7.19. The van der Waals surface area contributed by atoms with Gasteiger partial charge in [0, 0.05) is 35.9 Å². The fourth-order valence-electron chi connectivity index (χ4n) is 3.11. The van der Waals surface area contributed by atoms with Crippen molar-refractivity contribution in [1.82, 2.24) is 9.47 Å². The van der Waals surface area contributed by atoms with E-state index in [0.29, 0.717) is 16.9 Å². The largest absolute Gasteiger partial charge is 0.338 e. The molecular weight excluding hydrogens is 284 g/mol. The molecule has 1 saturated heterocycles. The molecule has 1 fully saturated rings. The molecule has 4 nitrogen and oxygen atoms in total. The van der Waals surface area contributed by atoms with Crippen molar-refractivity contribution >= 4 is 27.3 Å². The predicted octanol–water partition coefficient (Wildman–Crippen LogP) is 2.78. The lowest BCUT2D eigenvalue weighted by Gasteiger charge is -2.31. The number of hydrogen-bond acceptors (Lipinski definition) is 3. The first-order valence-corrected chi connectivity index (χ1v) is 8.18. The maximum absolute atomic E-state index is 12.9. The number of fused-ring (bicyclic) bond motifs is 1. The summed E-state index contributed by atoms with van der Waals surface area (Å²) < 4.78 is 2.45. The van der Waals surface area contributed by atoms with E-state index in [1.165, 1.54) is 17.8 Å². The van der Waals surface area contributed by atoms with Crippen molar-refractivity contribution in [2.45, 2.75) is 26.7 Å². The van der Waals surface area contributed by atoms with Gasteiger partial charge < -0.3 is 9.47 Å². The van der Waals surface area contributed by atoms with Crippen LogP contribution in [-0.2, 0) is 7.05 Å². The number of nitrogens with zero attached hydrogens (tertiary/aromatic N) is 2. The van der Waals surface area contributed by atoms with E-state index in [4.69, 9.17) is 0 Å². The zero-order valence-electron chi connectivity index (χ0n) is 12.7. The Labute approximate surface area is 128 Å². The molecule has 2 aromatic rings. The number of aromatic nitrogens is 1. The van der Waals surface area contributed by atoms with Gasteiger partial charge in [0.2, 0.25) is 0 Å². The molecule has 1 aliphatic rings. The molecule has 112 valence electrons. The van der Waals surface area contributed by atoms with Gasteiger partial charge in [-0.3, -0.25) is 9.59 Å². The first-order valence-electron chi connectivity index (χ1n) is 7.37. The lowest BCUT2D eigenvalue weighted by molar-refractivity contribution is 0.0685. The smallest absolute Gasteiger partial charge is 0.259 e. The summed E-state index contributed by atoms with van der Waals surface area (Å²) in [5.41, 5.74) is 0.538. The molecule has 0 saturated carbocycles. The second kappa shape index (κ2) is 5.30. The van der Waals surface area contributed by atoms with Crippen molar-refractivity contribution in [1.29, 1.82) is 0 Å². The second-order valence-corrected chi connectivity index (χ2v) is 7.26. The van der Waals surface area contributed by atoms with Crippen LogP contribution < -0.4 is 5.56 Å². The number of piperidine rings is 1. The molecule has 1 atom stereocenters. The molecule has 3 rings (SSSR count). The molecule has 21 heavy (non-hydrogen) atoms. The Morgan fingerprint density at radius 2 is 2.19 bits per heavy atom. The first-order chi connectivity index (χ1) is 9.99. The molecule has 0 bridgehead atoms. The SMILES string of the molecule is Cc1sc2ccn(C)c(=O)c2c1C(=O)N1CCC[C@H](C)C1. The third-order valence-corrected chi connectivity index (χ3v) is 5.32. The van der Waals surface area contributed by atoms with Crippen molar-refractivity contribution in [3.05, 3.63) is 33.1 Å². The number of pyridine rings is 1. The van der Waals surface area contributed by atoms with Crippen LogP contribution in [0.5, 0.6) is 0 Å². The van der Waals surface area contributed by atoms with Crippen LogP contribution in [-0.4, -0.2) is 28.5 Å². The van der Waals surface area contributed by atoms with E-state index in [9.17, 15) is 9.59 Å². The Morgan fingerprint density at radius 1 is 1.43 bits per heavy atom. The normalized spacial score (nSPS) is 19.2. The molecule has 0 aromatic carbocycles. The highest BCUT2D eigenvalue weighted by Crippen LogP contribution is 2.30. The van der Waals surface area contributed by atoms with Gasteiger partial charge in [-0.05, 0) is 31.7 Å². The van der Waals surface area contributed by atoms with Crippen LogP contribution in [0, 0.1) is 12.8 Å². The molecule has 2 aromatic heterocycles. The minimum absolute atomic E-state index is 0.0219. The molecule has 0 unspecified atom stereocenters. The number of carbonyl (C=O) groups is 1. The number of rotatable bonds is 1. The Morgan fingerprint density at radius 3 is 2.90 bits per heavy atom. The third kappa shape index (κ3) is 2.39. The molecule has 0 spiro atoms. The van der Waals surface area contributed by atoms with E-state index in [-0.39, 0.29) is 11.5 Å². The minimum atomic E-state index is -0.0785. The van der Waals surface area contributed by atoms with Crippen molar-refractivity contribution in [2.75, 3.05) is 13.1 Å². The molecule has 1 amide bonds. The fourth-order valence-corrected chi connectivity index (χ4v) is 4.15. The molecule has 0 aliphatic carbocycles. The summed E-state index contributed by atoms with van der Waals surface area (Å²) in [6, 6.07) is 1.92. The Hall–Kier alpha value is -1.62. The number of aryl methyl sites for hydroxylation is 2. The van der Waals surface area contributed by atoms with Gasteiger partial charge in [-0.1, -0.05) is 6.92 Å². The third-order valence-electron chi connectivity index (χ3n) is 4.25. The van der Waals surface area contributed by atoms with Gasteiger partial charge in [-0.15, -0.1) is 11.3 Å². The van der Waals surface area contributed by atoms with Gasteiger partial charge in [-0.2, -0.15) is 0 Å². The Bertz CT molecular complexity index is 759. The van der Waals surface area contributed by atoms with E-state index in [2.05, 4.69) is 6.92 Å². The average Bonchev–Trinajstić information content (AvgIpc) is 2.79. The predicted molar refractivity (Wildman–Crippen MR) is 86.1 cm³/mol. The van der Waals surface area contributed by atoms with Gasteiger partial charge in [0.25, 0.3) is 11.5 Å². The van der Waals surface area contributed by atoms with Crippen molar-refractivity contribution in [3.8, 4) is 0 Å². The van der Waals surface area contributed by atoms with Crippen molar-refractivity contribution in [3.63, 3.8) is 0 Å². The van der Waals surface area contributed by atoms with Gasteiger partial charge in [0.15, 0.2) is 0 Å². The molecular formula is C16H20N2O2S. The van der Waals surface area contributed by atoms with Crippen LogP contribution in [0.3, 0.4) is 0 Å². The van der Waals surface area contributed by atoms with E-state index in [0.717, 1.165) is 29.1 Å². The molecule has 3 heterocycles. The summed E-state index contributed by atoms with van der Waals surface area (Å²) in [5.74, 6) is 0.560.